The topological polar surface area (TPSA) is 76.9 Å². The highest BCUT2D eigenvalue weighted by Crippen LogP contribution is 2.32. The number of carbonyl (C=O) groups excluding carboxylic acids is 1. The molecule has 1 aromatic heterocycles. The van der Waals surface area contributed by atoms with Gasteiger partial charge in [-0.3, -0.25) is 14.5 Å². The van der Waals surface area contributed by atoms with E-state index in [0.717, 1.165) is 53.3 Å². The first kappa shape index (κ1) is 22.4. The SMILES string of the molecule is Cc1cc2nc(C)c(=O)n(CCC(=O)N3CCN(Cc4ccc5c(c4)OCO5)CC3)c2cc1C. The van der Waals surface area contributed by atoms with Crippen molar-refractivity contribution in [2.24, 2.45) is 0 Å². The van der Waals surface area contributed by atoms with Crippen LogP contribution in [0.2, 0.25) is 0 Å². The molecule has 1 amide bonds. The lowest BCUT2D eigenvalue weighted by atomic mass is 10.1. The monoisotopic (exact) mass is 462 g/mol. The first-order chi connectivity index (χ1) is 16.4. The third-order valence-electron chi connectivity index (χ3n) is 6.84. The normalized spacial score (nSPS) is 15.8. The van der Waals surface area contributed by atoms with Crippen LogP contribution in [0.15, 0.2) is 35.1 Å². The van der Waals surface area contributed by atoms with Crippen LogP contribution in [0.4, 0.5) is 0 Å². The van der Waals surface area contributed by atoms with E-state index in [2.05, 4.69) is 16.0 Å². The van der Waals surface area contributed by atoms with Crippen molar-refractivity contribution in [2.75, 3.05) is 33.0 Å². The van der Waals surface area contributed by atoms with E-state index in [1.807, 2.05) is 43.0 Å². The zero-order valence-corrected chi connectivity index (χ0v) is 20.0. The Morgan fingerprint density at radius 2 is 1.71 bits per heavy atom. The largest absolute Gasteiger partial charge is 0.454 e. The maximum absolute atomic E-state index is 13.0. The lowest BCUT2D eigenvalue weighted by molar-refractivity contribution is -0.133. The number of piperazine rings is 1. The Hall–Kier alpha value is -3.39. The smallest absolute Gasteiger partial charge is 0.272 e. The summed E-state index contributed by atoms with van der Waals surface area (Å²) in [5, 5.41) is 0. The summed E-state index contributed by atoms with van der Waals surface area (Å²) in [7, 11) is 0. The highest BCUT2D eigenvalue weighted by Gasteiger charge is 2.22. The van der Waals surface area contributed by atoms with Gasteiger partial charge in [0.15, 0.2) is 11.5 Å². The van der Waals surface area contributed by atoms with Crippen LogP contribution in [-0.4, -0.2) is 58.2 Å². The number of benzene rings is 2. The second-order valence-electron chi connectivity index (χ2n) is 9.17. The molecule has 0 atom stereocenters. The molecule has 0 saturated carbocycles. The van der Waals surface area contributed by atoms with Crippen molar-refractivity contribution in [1.82, 2.24) is 19.4 Å². The molecule has 34 heavy (non-hydrogen) atoms. The van der Waals surface area contributed by atoms with Gasteiger partial charge in [-0.2, -0.15) is 0 Å². The van der Waals surface area contributed by atoms with Crippen molar-refractivity contribution in [3.8, 4) is 11.5 Å². The maximum Gasteiger partial charge on any atom is 0.272 e. The highest BCUT2D eigenvalue weighted by atomic mass is 16.7. The van der Waals surface area contributed by atoms with E-state index in [1.165, 1.54) is 5.56 Å². The Kier molecular flexibility index (Phi) is 6.00. The fourth-order valence-corrected chi connectivity index (χ4v) is 4.67. The molecule has 5 rings (SSSR count). The van der Waals surface area contributed by atoms with Gasteiger partial charge in [-0.05, 0) is 61.7 Å². The zero-order valence-electron chi connectivity index (χ0n) is 20.0. The van der Waals surface area contributed by atoms with Crippen molar-refractivity contribution in [3.63, 3.8) is 0 Å². The molecular formula is C26H30N4O4. The first-order valence-electron chi connectivity index (χ1n) is 11.8. The van der Waals surface area contributed by atoms with Crippen LogP contribution >= 0.6 is 0 Å². The van der Waals surface area contributed by atoms with E-state index in [9.17, 15) is 9.59 Å². The molecule has 3 aromatic rings. The van der Waals surface area contributed by atoms with Gasteiger partial charge in [-0.1, -0.05) is 6.07 Å². The molecule has 0 bridgehead atoms. The summed E-state index contributed by atoms with van der Waals surface area (Å²) in [6.45, 7) is 10.3. The number of rotatable bonds is 5. The van der Waals surface area contributed by atoms with E-state index in [4.69, 9.17) is 9.47 Å². The van der Waals surface area contributed by atoms with Gasteiger partial charge in [0.25, 0.3) is 5.56 Å². The number of nitrogens with zero attached hydrogens (tertiary/aromatic N) is 4. The summed E-state index contributed by atoms with van der Waals surface area (Å²) in [6, 6.07) is 10.0. The fourth-order valence-electron chi connectivity index (χ4n) is 4.67. The van der Waals surface area contributed by atoms with Crippen LogP contribution in [0, 0.1) is 20.8 Å². The van der Waals surface area contributed by atoms with E-state index in [-0.39, 0.29) is 18.3 Å². The fraction of sp³-hybridized carbons (Fsp3) is 0.423. The Bertz CT molecular complexity index is 1310. The Morgan fingerprint density at radius 3 is 2.50 bits per heavy atom. The summed E-state index contributed by atoms with van der Waals surface area (Å²) >= 11 is 0. The standard InChI is InChI=1S/C26H30N4O4/c1-17-12-21-22(13-18(17)2)30(26(32)19(3)27-21)7-6-25(31)29-10-8-28(9-11-29)15-20-4-5-23-24(14-20)34-16-33-23/h4-5,12-14H,6-11,15-16H2,1-3H3. The third kappa shape index (κ3) is 4.37. The number of hydrogen-bond acceptors (Lipinski definition) is 6. The van der Waals surface area contributed by atoms with Gasteiger partial charge in [0.05, 0.1) is 11.0 Å². The summed E-state index contributed by atoms with van der Waals surface area (Å²) in [5.74, 6) is 1.67. The molecule has 3 heterocycles. The summed E-state index contributed by atoms with van der Waals surface area (Å²) in [4.78, 5) is 34.5. The van der Waals surface area contributed by atoms with Crippen molar-refractivity contribution in [1.29, 1.82) is 0 Å². The Balaban J connectivity index is 1.20. The van der Waals surface area contributed by atoms with Crippen molar-refractivity contribution in [3.05, 3.63) is 63.1 Å². The average Bonchev–Trinajstić information content (AvgIpc) is 3.29. The maximum atomic E-state index is 13.0. The number of aryl methyl sites for hydroxylation is 4. The van der Waals surface area contributed by atoms with Crippen LogP contribution < -0.4 is 15.0 Å². The van der Waals surface area contributed by atoms with E-state index >= 15 is 0 Å². The number of aromatic nitrogens is 2. The minimum atomic E-state index is -0.128. The molecule has 2 aromatic carbocycles. The van der Waals surface area contributed by atoms with Gasteiger partial charge in [0, 0.05) is 45.7 Å². The van der Waals surface area contributed by atoms with Crippen LogP contribution in [0.3, 0.4) is 0 Å². The molecule has 178 valence electrons. The van der Waals surface area contributed by atoms with Crippen molar-refractivity contribution >= 4 is 16.9 Å². The van der Waals surface area contributed by atoms with Crippen LogP contribution in [0.5, 0.6) is 11.5 Å². The number of ether oxygens (including phenoxy) is 2. The third-order valence-corrected chi connectivity index (χ3v) is 6.84. The minimum Gasteiger partial charge on any atom is -0.454 e. The summed E-state index contributed by atoms with van der Waals surface area (Å²) in [5.41, 5.74) is 5.34. The average molecular weight is 463 g/mol. The quantitative estimate of drug-likeness (QED) is 0.580. The first-order valence-corrected chi connectivity index (χ1v) is 11.8. The number of fused-ring (bicyclic) bond motifs is 2. The van der Waals surface area contributed by atoms with Gasteiger partial charge in [0.1, 0.15) is 5.69 Å². The second-order valence-corrected chi connectivity index (χ2v) is 9.17. The van der Waals surface area contributed by atoms with E-state index in [0.29, 0.717) is 31.7 Å². The molecule has 0 radical (unpaired) electrons. The van der Waals surface area contributed by atoms with Crippen molar-refractivity contribution < 1.29 is 14.3 Å². The Morgan fingerprint density at radius 1 is 0.971 bits per heavy atom. The van der Waals surface area contributed by atoms with Crippen LogP contribution in [-0.2, 0) is 17.9 Å². The summed E-state index contributed by atoms with van der Waals surface area (Å²) < 4.78 is 12.6. The molecular weight excluding hydrogens is 432 g/mol. The van der Waals surface area contributed by atoms with Crippen molar-refractivity contribution in [2.45, 2.75) is 40.3 Å². The van der Waals surface area contributed by atoms with Crippen LogP contribution in [0.25, 0.3) is 11.0 Å². The van der Waals surface area contributed by atoms with E-state index in [1.54, 1.807) is 11.5 Å². The molecule has 0 unspecified atom stereocenters. The summed E-state index contributed by atoms with van der Waals surface area (Å²) in [6.07, 6.45) is 0.299. The Labute approximate surface area is 198 Å². The van der Waals surface area contributed by atoms with Gasteiger partial charge >= 0.3 is 0 Å². The lowest BCUT2D eigenvalue weighted by Gasteiger charge is -2.35. The highest BCUT2D eigenvalue weighted by molar-refractivity contribution is 5.78. The predicted molar refractivity (Wildman–Crippen MR) is 129 cm³/mol. The van der Waals surface area contributed by atoms with Gasteiger partial charge < -0.3 is 18.9 Å². The van der Waals surface area contributed by atoms with Gasteiger partial charge in [-0.15, -0.1) is 0 Å². The number of hydrogen-bond donors (Lipinski definition) is 0. The molecule has 8 heteroatoms. The lowest BCUT2D eigenvalue weighted by Crippen LogP contribution is -2.48. The molecule has 0 aliphatic carbocycles. The van der Waals surface area contributed by atoms with Gasteiger partial charge in [-0.25, -0.2) is 4.98 Å². The van der Waals surface area contributed by atoms with E-state index < -0.39 is 0 Å². The number of amides is 1. The predicted octanol–water partition coefficient (Wildman–Crippen LogP) is 2.78. The molecule has 8 nitrogen and oxygen atoms in total. The molecule has 1 fully saturated rings. The molecule has 2 aliphatic rings. The molecule has 2 aliphatic heterocycles. The number of carbonyl (C=O) groups is 1. The second kappa shape index (κ2) is 9.10. The van der Waals surface area contributed by atoms with Gasteiger partial charge in [0.2, 0.25) is 12.7 Å². The molecule has 0 spiro atoms. The molecule has 1 saturated heterocycles. The minimum absolute atomic E-state index is 0.0843. The zero-order chi connectivity index (χ0) is 23.8. The molecule has 0 N–H and O–H groups in total. The van der Waals surface area contributed by atoms with Crippen LogP contribution in [0.1, 0.15) is 28.8 Å².